The van der Waals surface area contributed by atoms with Gasteiger partial charge in [0.05, 0.1) is 12.2 Å². The van der Waals surface area contributed by atoms with Crippen LogP contribution in [0.4, 0.5) is 5.69 Å². The molecule has 0 aliphatic carbocycles. The van der Waals surface area contributed by atoms with Gasteiger partial charge < -0.3 is 9.88 Å². The highest BCUT2D eigenvalue weighted by Gasteiger charge is 2.17. The van der Waals surface area contributed by atoms with Crippen molar-refractivity contribution in [1.82, 2.24) is 24.6 Å². The van der Waals surface area contributed by atoms with Crippen molar-refractivity contribution >= 4 is 5.69 Å². The summed E-state index contributed by atoms with van der Waals surface area (Å²) < 4.78 is 2.11. The quantitative estimate of drug-likeness (QED) is 0.862. The van der Waals surface area contributed by atoms with E-state index in [4.69, 9.17) is 0 Å². The molecule has 0 spiro atoms. The zero-order valence-electron chi connectivity index (χ0n) is 10.4. The summed E-state index contributed by atoms with van der Waals surface area (Å²) in [6, 6.07) is 4.05. The smallest absolute Gasteiger partial charge is 0.147 e. The molecule has 0 aromatic carbocycles. The molecule has 0 atom stereocenters. The summed E-state index contributed by atoms with van der Waals surface area (Å²) in [5.41, 5.74) is 2.18. The molecule has 6 heteroatoms. The maximum absolute atomic E-state index is 4.40. The summed E-state index contributed by atoms with van der Waals surface area (Å²) in [7, 11) is 1.92. The van der Waals surface area contributed by atoms with Gasteiger partial charge in [-0.25, -0.2) is 0 Å². The molecule has 0 saturated heterocycles. The summed E-state index contributed by atoms with van der Waals surface area (Å²) >= 11 is 0. The van der Waals surface area contributed by atoms with Crippen LogP contribution >= 0.6 is 0 Å². The monoisotopic (exact) mass is 244 g/mol. The first-order chi connectivity index (χ1) is 8.85. The number of hydrogen-bond donors (Lipinski definition) is 1. The Bertz CT molecular complexity index is 535. The largest absolute Gasteiger partial charge is 0.388 e. The van der Waals surface area contributed by atoms with E-state index in [-0.39, 0.29) is 0 Å². The highest BCUT2D eigenvalue weighted by molar-refractivity contribution is 5.42. The molecule has 0 saturated carbocycles. The summed E-state index contributed by atoms with van der Waals surface area (Å²) in [5.74, 6) is 1.03. The number of fused-ring (bicyclic) bond motifs is 1. The van der Waals surface area contributed by atoms with Crippen molar-refractivity contribution in [1.29, 1.82) is 0 Å². The van der Waals surface area contributed by atoms with E-state index in [9.17, 15) is 0 Å². The van der Waals surface area contributed by atoms with Crippen molar-refractivity contribution in [3.8, 4) is 0 Å². The number of nitrogens with zero attached hydrogens (tertiary/aromatic N) is 5. The molecule has 94 valence electrons. The topological polar surface area (TPSA) is 58.9 Å². The Morgan fingerprint density at radius 1 is 1.39 bits per heavy atom. The van der Waals surface area contributed by atoms with E-state index in [2.05, 4.69) is 36.0 Å². The molecule has 0 fully saturated rings. The standard InChI is InChI=1S/C12H16N6/c1-13-10-2-3-14-11(6-10)7-17-4-5-18-9-15-16-12(18)8-17/h2-3,6,9H,4-5,7-8H2,1H3,(H,13,14). The molecular formula is C12H16N6. The molecule has 1 N–H and O–H groups in total. The van der Waals surface area contributed by atoms with Crippen molar-refractivity contribution < 1.29 is 0 Å². The van der Waals surface area contributed by atoms with Crippen molar-refractivity contribution in [3.63, 3.8) is 0 Å². The zero-order chi connectivity index (χ0) is 12.4. The number of rotatable bonds is 3. The summed E-state index contributed by atoms with van der Waals surface area (Å²) in [6.45, 7) is 3.65. The lowest BCUT2D eigenvalue weighted by Crippen LogP contribution is -2.33. The Kier molecular flexibility index (Phi) is 2.93. The highest BCUT2D eigenvalue weighted by Crippen LogP contribution is 2.14. The third kappa shape index (κ3) is 2.19. The predicted octanol–water partition coefficient (Wildman–Crippen LogP) is 0.731. The second-order valence-electron chi connectivity index (χ2n) is 4.44. The molecule has 1 aliphatic heterocycles. The minimum Gasteiger partial charge on any atom is -0.388 e. The lowest BCUT2D eigenvalue weighted by molar-refractivity contribution is 0.206. The van der Waals surface area contributed by atoms with Crippen LogP contribution < -0.4 is 5.32 Å². The summed E-state index contributed by atoms with van der Waals surface area (Å²) in [5, 5.41) is 11.2. The predicted molar refractivity (Wildman–Crippen MR) is 67.9 cm³/mol. The van der Waals surface area contributed by atoms with Gasteiger partial charge in [0.15, 0.2) is 0 Å². The van der Waals surface area contributed by atoms with E-state index in [1.807, 2.05) is 19.3 Å². The number of anilines is 1. The van der Waals surface area contributed by atoms with Crippen LogP contribution in [0.15, 0.2) is 24.7 Å². The number of aromatic nitrogens is 4. The SMILES string of the molecule is CNc1ccnc(CN2CCn3cnnc3C2)c1. The molecule has 2 aromatic heterocycles. The molecule has 0 unspecified atom stereocenters. The van der Waals surface area contributed by atoms with E-state index in [1.54, 1.807) is 6.33 Å². The van der Waals surface area contributed by atoms with Gasteiger partial charge in [-0.05, 0) is 12.1 Å². The molecular weight excluding hydrogens is 228 g/mol. The zero-order valence-corrected chi connectivity index (χ0v) is 10.4. The summed E-state index contributed by atoms with van der Waals surface area (Å²) in [6.07, 6.45) is 3.64. The van der Waals surface area contributed by atoms with Crippen molar-refractivity contribution in [2.75, 3.05) is 18.9 Å². The van der Waals surface area contributed by atoms with Gasteiger partial charge in [0.25, 0.3) is 0 Å². The molecule has 0 radical (unpaired) electrons. The molecule has 3 heterocycles. The third-order valence-electron chi connectivity index (χ3n) is 3.21. The second-order valence-corrected chi connectivity index (χ2v) is 4.44. The van der Waals surface area contributed by atoms with E-state index >= 15 is 0 Å². The third-order valence-corrected chi connectivity index (χ3v) is 3.21. The summed E-state index contributed by atoms with van der Waals surface area (Å²) in [4.78, 5) is 6.74. The Morgan fingerprint density at radius 3 is 3.22 bits per heavy atom. The Hall–Kier alpha value is -1.95. The average Bonchev–Trinajstić information content (AvgIpc) is 2.86. The molecule has 0 amide bonds. The Morgan fingerprint density at radius 2 is 2.33 bits per heavy atom. The Labute approximate surface area is 106 Å². The lowest BCUT2D eigenvalue weighted by Gasteiger charge is -2.26. The van der Waals surface area contributed by atoms with Gasteiger partial charge in [0.2, 0.25) is 0 Å². The molecule has 6 nitrogen and oxygen atoms in total. The van der Waals surface area contributed by atoms with Crippen LogP contribution in [0, 0.1) is 0 Å². The van der Waals surface area contributed by atoms with Crippen LogP contribution in [0.25, 0.3) is 0 Å². The van der Waals surface area contributed by atoms with Gasteiger partial charge in [0, 0.05) is 38.6 Å². The van der Waals surface area contributed by atoms with Crippen LogP contribution in [0.2, 0.25) is 0 Å². The fourth-order valence-electron chi connectivity index (χ4n) is 2.20. The van der Waals surface area contributed by atoms with Crippen LogP contribution in [-0.2, 0) is 19.6 Å². The normalized spacial score (nSPS) is 15.4. The molecule has 3 rings (SSSR count). The van der Waals surface area contributed by atoms with Crippen molar-refractivity contribution in [3.05, 3.63) is 36.2 Å². The molecule has 0 bridgehead atoms. The molecule has 2 aromatic rings. The first-order valence-electron chi connectivity index (χ1n) is 6.07. The molecule has 1 aliphatic rings. The van der Waals surface area contributed by atoms with Crippen LogP contribution in [0.1, 0.15) is 11.5 Å². The average molecular weight is 244 g/mol. The van der Waals surface area contributed by atoms with E-state index < -0.39 is 0 Å². The van der Waals surface area contributed by atoms with Crippen LogP contribution in [0.3, 0.4) is 0 Å². The van der Waals surface area contributed by atoms with Gasteiger partial charge in [-0.1, -0.05) is 0 Å². The maximum Gasteiger partial charge on any atom is 0.147 e. The minimum absolute atomic E-state index is 0.839. The second kappa shape index (κ2) is 4.73. The number of pyridine rings is 1. The van der Waals surface area contributed by atoms with Gasteiger partial charge >= 0.3 is 0 Å². The number of hydrogen-bond acceptors (Lipinski definition) is 5. The van der Waals surface area contributed by atoms with Crippen LogP contribution in [-0.4, -0.2) is 38.2 Å². The Balaban J connectivity index is 1.70. The fraction of sp³-hybridized carbons (Fsp3) is 0.417. The van der Waals surface area contributed by atoms with Crippen molar-refractivity contribution in [2.45, 2.75) is 19.6 Å². The maximum atomic E-state index is 4.40. The minimum atomic E-state index is 0.839. The van der Waals surface area contributed by atoms with Gasteiger partial charge in [-0.3, -0.25) is 9.88 Å². The van der Waals surface area contributed by atoms with Gasteiger partial charge in [0.1, 0.15) is 12.2 Å². The first kappa shape index (κ1) is 11.2. The molecule has 18 heavy (non-hydrogen) atoms. The van der Waals surface area contributed by atoms with E-state index in [0.29, 0.717) is 0 Å². The van der Waals surface area contributed by atoms with Gasteiger partial charge in [-0.2, -0.15) is 0 Å². The van der Waals surface area contributed by atoms with E-state index in [0.717, 1.165) is 43.4 Å². The lowest BCUT2D eigenvalue weighted by atomic mass is 10.2. The number of nitrogens with one attached hydrogen (secondary N) is 1. The highest BCUT2D eigenvalue weighted by atomic mass is 15.3. The first-order valence-corrected chi connectivity index (χ1v) is 6.07. The van der Waals surface area contributed by atoms with Crippen LogP contribution in [0.5, 0.6) is 0 Å². The van der Waals surface area contributed by atoms with E-state index in [1.165, 1.54) is 0 Å². The van der Waals surface area contributed by atoms with Crippen molar-refractivity contribution in [2.24, 2.45) is 0 Å². The van der Waals surface area contributed by atoms with Gasteiger partial charge in [-0.15, -0.1) is 10.2 Å². The fourth-order valence-corrected chi connectivity index (χ4v) is 2.20.